The maximum atomic E-state index is 13.3. The largest absolute Gasteiger partial charge is 0.487 e. The zero-order valence-electron chi connectivity index (χ0n) is 11.4. The van der Waals surface area contributed by atoms with Gasteiger partial charge in [-0.2, -0.15) is 0 Å². The molecule has 4 unspecified atom stereocenters. The lowest BCUT2D eigenvalue weighted by Crippen LogP contribution is -2.39. The SMILES string of the molecule is CNC1CC(C2CCC(C)O2)Oc2ccc(F)cc21. The highest BCUT2D eigenvalue weighted by Gasteiger charge is 2.36. The van der Waals surface area contributed by atoms with Crippen molar-refractivity contribution >= 4 is 0 Å². The van der Waals surface area contributed by atoms with Gasteiger partial charge in [-0.1, -0.05) is 0 Å². The van der Waals surface area contributed by atoms with Gasteiger partial charge in [0.25, 0.3) is 0 Å². The lowest BCUT2D eigenvalue weighted by atomic mass is 9.93. The second kappa shape index (κ2) is 5.10. The van der Waals surface area contributed by atoms with Gasteiger partial charge in [-0.05, 0) is 45.0 Å². The summed E-state index contributed by atoms with van der Waals surface area (Å²) >= 11 is 0. The van der Waals surface area contributed by atoms with Crippen molar-refractivity contribution in [2.24, 2.45) is 0 Å². The number of rotatable bonds is 2. The number of ether oxygens (including phenoxy) is 2. The third kappa shape index (κ3) is 2.47. The lowest BCUT2D eigenvalue weighted by Gasteiger charge is -2.34. The van der Waals surface area contributed by atoms with E-state index in [4.69, 9.17) is 9.47 Å². The number of halogens is 1. The third-order valence-electron chi connectivity index (χ3n) is 4.12. The molecule has 0 spiro atoms. The predicted octanol–water partition coefficient (Wildman–Crippen LogP) is 2.80. The molecule has 2 aliphatic rings. The Balaban J connectivity index is 1.83. The highest BCUT2D eigenvalue weighted by atomic mass is 19.1. The molecule has 3 nitrogen and oxygen atoms in total. The van der Waals surface area contributed by atoms with Gasteiger partial charge in [0.05, 0.1) is 12.2 Å². The zero-order valence-corrected chi connectivity index (χ0v) is 11.4. The van der Waals surface area contributed by atoms with Crippen LogP contribution in [0.5, 0.6) is 5.75 Å². The quantitative estimate of drug-likeness (QED) is 0.892. The summed E-state index contributed by atoms with van der Waals surface area (Å²) in [5.74, 6) is 0.562. The molecule has 0 saturated carbocycles. The number of hydrogen-bond donors (Lipinski definition) is 1. The minimum Gasteiger partial charge on any atom is -0.487 e. The first-order valence-corrected chi connectivity index (χ1v) is 6.96. The van der Waals surface area contributed by atoms with Crippen LogP contribution in [0, 0.1) is 5.82 Å². The second-order valence-corrected chi connectivity index (χ2v) is 5.48. The lowest BCUT2D eigenvalue weighted by molar-refractivity contribution is -0.0297. The van der Waals surface area contributed by atoms with Crippen LogP contribution in [0.1, 0.15) is 37.8 Å². The molecule has 19 heavy (non-hydrogen) atoms. The molecule has 1 aromatic rings. The monoisotopic (exact) mass is 265 g/mol. The van der Waals surface area contributed by atoms with Crippen LogP contribution in [0.25, 0.3) is 0 Å². The first kappa shape index (κ1) is 12.9. The topological polar surface area (TPSA) is 30.5 Å². The molecule has 4 heteroatoms. The van der Waals surface area contributed by atoms with Crippen LogP contribution in [0.3, 0.4) is 0 Å². The minimum atomic E-state index is -0.216. The van der Waals surface area contributed by atoms with Gasteiger partial charge in [0, 0.05) is 18.0 Å². The van der Waals surface area contributed by atoms with Crippen LogP contribution in [0.2, 0.25) is 0 Å². The Hall–Kier alpha value is -1.13. The van der Waals surface area contributed by atoms with E-state index in [0.717, 1.165) is 30.6 Å². The number of benzene rings is 1. The van der Waals surface area contributed by atoms with Crippen molar-refractivity contribution < 1.29 is 13.9 Å². The molecule has 4 atom stereocenters. The summed E-state index contributed by atoms with van der Waals surface area (Å²) in [6, 6.07) is 4.86. The van der Waals surface area contributed by atoms with E-state index >= 15 is 0 Å². The molecule has 104 valence electrons. The molecule has 1 aromatic carbocycles. The summed E-state index contributed by atoms with van der Waals surface area (Å²) in [5.41, 5.74) is 0.907. The predicted molar refractivity (Wildman–Crippen MR) is 70.8 cm³/mol. The molecule has 1 saturated heterocycles. The van der Waals surface area contributed by atoms with Gasteiger partial charge in [-0.15, -0.1) is 0 Å². The van der Waals surface area contributed by atoms with Gasteiger partial charge in [-0.3, -0.25) is 0 Å². The van der Waals surface area contributed by atoms with E-state index in [9.17, 15) is 4.39 Å². The smallest absolute Gasteiger partial charge is 0.127 e. The molecule has 2 aliphatic heterocycles. The van der Waals surface area contributed by atoms with Crippen molar-refractivity contribution in [3.8, 4) is 5.75 Å². The Morgan fingerprint density at radius 3 is 2.79 bits per heavy atom. The average Bonchev–Trinajstić information content (AvgIpc) is 2.84. The van der Waals surface area contributed by atoms with Crippen molar-refractivity contribution in [2.75, 3.05) is 7.05 Å². The summed E-state index contributed by atoms with van der Waals surface area (Å²) in [5, 5.41) is 3.25. The maximum Gasteiger partial charge on any atom is 0.127 e. The van der Waals surface area contributed by atoms with E-state index in [1.54, 1.807) is 12.1 Å². The van der Waals surface area contributed by atoms with Gasteiger partial charge in [0.15, 0.2) is 0 Å². The minimum absolute atomic E-state index is 0.0559. The Morgan fingerprint density at radius 2 is 2.11 bits per heavy atom. The third-order valence-corrected chi connectivity index (χ3v) is 4.12. The zero-order chi connectivity index (χ0) is 13.4. The van der Waals surface area contributed by atoms with Crippen LogP contribution >= 0.6 is 0 Å². The molecular weight excluding hydrogens is 245 g/mol. The van der Waals surface area contributed by atoms with E-state index in [-0.39, 0.29) is 24.1 Å². The summed E-state index contributed by atoms with van der Waals surface area (Å²) in [6.45, 7) is 2.10. The van der Waals surface area contributed by atoms with Gasteiger partial charge < -0.3 is 14.8 Å². The average molecular weight is 265 g/mol. The van der Waals surface area contributed by atoms with E-state index < -0.39 is 0 Å². The highest BCUT2D eigenvalue weighted by Crippen LogP contribution is 2.38. The van der Waals surface area contributed by atoms with E-state index in [1.807, 2.05) is 7.05 Å². The van der Waals surface area contributed by atoms with Crippen molar-refractivity contribution in [2.45, 2.75) is 50.5 Å². The van der Waals surface area contributed by atoms with Gasteiger partial charge >= 0.3 is 0 Å². The van der Waals surface area contributed by atoms with Crippen molar-refractivity contribution in [1.82, 2.24) is 5.32 Å². The summed E-state index contributed by atoms with van der Waals surface area (Å²) < 4.78 is 25.3. The molecule has 0 bridgehead atoms. The Labute approximate surface area is 113 Å². The fourth-order valence-corrected chi connectivity index (χ4v) is 3.08. The maximum absolute atomic E-state index is 13.3. The first-order chi connectivity index (χ1) is 9.17. The van der Waals surface area contributed by atoms with Crippen LogP contribution < -0.4 is 10.1 Å². The molecular formula is C15H20FNO2. The van der Waals surface area contributed by atoms with Gasteiger partial charge in [-0.25, -0.2) is 4.39 Å². The summed E-state index contributed by atoms with van der Waals surface area (Å²) in [7, 11) is 1.90. The summed E-state index contributed by atoms with van der Waals surface area (Å²) in [4.78, 5) is 0. The molecule has 3 rings (SSSR count). The Bertz CT molecular complexity index is 465. The standard InChI is InChI=1S/C15H20FNO2/c1-9-3-5-14(18-9)15-8-12(17-2)11-7-10(16)4-6-13(11)19-15/h4,6-7,9,12,14-15,17H,3,5,8H2,1-2H3. The Morgan fingerprint density at radius 1 is 1.26 bits per heavy atom. The fraction of sp³-hybridized carbons (Fsp3) is 0.600. The van der Waals surface area contributed by atoms with Crippen molar-refractivity contribution in [1.29, 1.82) is 0 Å². The fourth-order valence-electron chi connectivity index (χ4n) is 3.08. The number of hydrogen-bond acceptors (Lipinski definition) is 3. The van der Waals surface area contributed by atoms with Crippen LogP contribution in [0.15, 0.2) is 18.2 Å². The number of fused-ring (bicyclic) bond motifs is 1. The molecule has 2 heterocycles. The second-order valence-electron chi connectivity index (χ2n) is 5.48. The summed E-state index contributed by atoms with van der Waals surface area (Å²) in [6.07, 6.45) is 3.48. The highest BCUT2D eigenvalue weighted by molar-refractivity contribution is 5.38. The molecule has 0 amide bonds. The molecule has 1 N–H and O–H groups in total. The Kier molecular flexibility index (Phi) is 3.46. The van der Waals surface area contributed by atoms with Crippen LogP contribution in [0.4, 0.5) is 4.39 Å². The molecule has 1 fully saturated rings. The molecule has 0 aliphatic carbocycles. The van der Waals surface area contributed by atoms with Gasteiger partial charge in [0.1, 0.15) is 17.7 Å². The normalized spacial score (nSPS) is 33.8. The van der Waals surface area contributed by atoms with Crippen LogP contribution in [-0.2, 0) is 4.74 Å². The van der Waals surface area contributed by atoms with Crippen molar-refractivity contribution in [3.63, 3.8) is 0 Å². The van der Waals surface area contributed by atoms with E-state index in [2.05, 4.69) is 12.2 Å². The molecule has 0 aromatic heterocycles. The van der Waals surface area contributed by atoms with Crippen molar-refractivity contribution in [3.05, 3.63) is 29.6 Å². The first-order valence-electron chi connectivity index (χ1n) is 6.96. The molecule has 0 radical (unpaired) electrons. The number of nitrogens with one attached hydrogen (secondary N) is 1. The van der Waals surface area contributed by atoms with E-state index in [1.165, 1.54) is 6.07 Å². The van der Waals surface area contributed by atoms with Crippen LogP contribution in [-0.4, -0.2) is 25.4 Å². The van der Waals surface area contributed by atoms with E-state index in [0.29, 0.717) is 6.10 Å². The van der Waals surface area contributed by atoms with Gasteiger partial charge in [0.2, 0.25) is 0 Å².